The lowest BCUT2D eigenvalue weighted by molar-refractivity contribution is 0.0970. The minimum absolute atomic E-state index is 0.0348. The Morgan fingerprint density at radius 1 is 1.35 bits per heavy atom. The number of carbonyl (C=O) groups is 1. The molecule has 2 heterocycles. The molecule has 1 aliphatic rings. The summed E-state index contributed by atoms with van der Waals surface area (Å²) in [5.74, 6) is 0.607. The first-order valence-electron chi connectivity index (χ1n) is 9.04. The Balaban J connectivity index is 1.74. The highest BCUT2D eigenvalue weighted by molar-refractivity contribution is 7.18. The van der Waals surface area contributed by atoms with Crippen LogP contribution in [0.3, 0.4) is 0 Å². The van der Waals surface area contributed by atoms with Crippen LogP contribution >= 0.6 is 11.3 Å². The first-order chi connectivity index (χ1) is 12.4. The highest BCUT2D eigenvalue weighted by Crippen LogP contribution is 2.35. The molecule has 4 nitrogen and oxygen atoms in total. The van der Waals surface area contributed by atoms with Crippen LogP contribution in [0.15, 0.2) is 29.3 Å². The number of ketones is 1. The van der Waals surface area contributed by atoms with Gasteiger partial charge in [-0.15, -0.1) is 11.3 Å². The first-order valence-corrected chi connectivity index (χ1v) is 9.86. The summed E-state index contributed by atoms with van der Waals surface area (Å²) in [5, 5.41) is 0.730. The van der Waals surface area contributed by atoms with Crippen LogP contribution in [0, 0.1) is 19.8 Å². The smallest absolute Gasteiger partial charge is 0.262 e. The second kappa shape index (κ2) is 6.47. The Kier molecular flexibility index (Phi) is 4.27. The molecule has 1 atom stereocenters. The van der Waals surface area contributed by atoms with E-state index in [4.69, 9.17) is 0 Å². The average molecular weight is 366 g/mol. The van der Waals surface area contributed by atoms with Gasteiger partial charge in [-0.25, -0.2) is 4.98 Å². The molecular formula is C21H22N2O2S. The van der Waals surface area contributed by atoms with Crippen LogP contribution in [0.25, 0.3) is 10.2 Å². The Labute approximate surface area is 156 Å². The van der Waals surface area contributed by atoms with Gasteiger partial charge < -0.3 is 0 Å². The summed E-state index contributed by atoms with van der Waals surface area (Å²) in [6, 6.07) is 5.83. The number of hydrogen-bond donors (Lipinski definition) is 0. The third-order valence-corrected chi connectivity index (χ3v) is 6.45. The molecule has 1 aromatic carbocycles. The molecule has 0 aliphatic heterocycles. The van der Waals surface area contributed by atoms with Crippen LogP contribution < -0.4 is 5.56 Å². The van der Waals surface area contributed by atoms with Crippen LogP contribution in [0.5, 0.6) is 0 Å². The van der Waals surface area contributed by atoms with Crippen molar-refractivity contribution in [1.29, 1.82) is 0 Å². The number of Topliss-reactive ketones (excluding diaryl/α,β-unsaturated/α-hetero) is 1. The van der Waals surface area contributed by atoms with Crippen LogP contribution in [0.4, 0.5) is 0 Å². The van der Waals surface area contributed by atoms with Crippen LogP contribution in [-0.4, -0.2) is 15.3 Å². The fourth-order valence-electron chi connectivity index (χ4n) is 3.75. The molecule has 4 rings (SSSR count). The zero-order chi connectivity index (χ0) is 18.4. The number of carbonyl (C=O) groups excluding carboxylic acids is 1. The second-order valence-electron chi connectivity index (χ2n) is 7.45. The number of fused-ring (bicyclic) bond motifs is 3. The van der Waals surface area contributed by atoms with Crippen molar-refractivity contribution in [3.05, 3.63) is 62.0 Å². The summed E-state index contributed by atoms with van der Waals surface area (Å²) in [5.41, 5.74) is 3.73. The number of nitrogens with zero attached hydrogens (tertiary/aromatic N) is 2. The highest BCUT2D eigenvalue weighted by atomic mass is 32.1. The molecule has 0 unspecified atom stereocenters. The third-order valence-electron chi connectivity index (χ3n) is 5.29. The molecule has 1 aliphatic carbocycles. The molecule has 0 N–H and O–H groups in total. The maximum absolute atomic E-state index is 13.0. The minimum atomic E-state index is -0.0827. The van der Waals surface area contributed by atoms with Crippen molar-refractivity contribution in [2.24, 2.45) is 5.92 Å². The van der Waals surface area contributed by atoms with Gasteiger partial charge in [-0.3, -0.25) is 14.2 Å². The van der Waals surface area contributed by atoms with E-state index in [9.17, 15) is 9.59 Å². The molecule has 5 heteroatoms. The van der Waals surface area contributed by atoms with Crippen molar-refractivity contribution in [3.8, 4) is 0 Å². The van der Waals surface area contributed by atoms with E-state index in [1.807, 2.05) is 32.0 Å². The largest absolute Gasteiger partial charge is 0.292 e. The minimum Gasteiger partial charge on any atom is -0.292 e. The summed E-state index contributed by atoms with van der Waals surface area (Å²) >= 11 is 1.64. The van der Waals surface area contributed by atoms with Crippen LogP contribution in [-0.2, 0) is 19.4 Å². The molecule has 0 saturated carbocycles. The summed E-state index contributed by atoms with van der Waals surface area (Å²) in [6.45, 7) is 6.18. The maximum Gasteiger partial charge on any atom is 0.262 e. The first kappa shape index (κ1) is 17.2. The molecule has 0 fully saturated rings. The SMILES string of the molecule is Cc1ccc(C)c(C(=O)Cn2cnc3sc4c(c3c2=O)CC[C@H](C)C4)c1. The second-order valence-corrected chi connectivity index (χ2v) is 8.53. The molecular weight excluding hydrogens is 344 g/mol. The predicted molar refractivity (Wildman–Crippen MR) is 105 cm³/mol. The van der Waals surface area contributed by atoms with Gasteiger partial charge in [0.05, 0.1) is 18.3 Å². The maximum atomic E-state index is 13.0. The Hall–Kier alpha value is -2.27. The lowest BCUT2D eigenvalue weighted by Crippen LogP contribution is -2.25. The van der Waals surface area contributed by atoms with Crippen molar-refractivity contribution in [2.45, 2.75) is 46.6 Å². The molecule has 0 radical (unpaired) electrons. The van der Waals surface area contributed by atoms with Gasteiger partial charge in [0.25, 0.3) is 5.56 Å². The van der Waals surface area contributed by atoms with E-state index in [0.29, 0.717) is 11.5 Å². The molecule has 26 heavy (non-hydrogen) atoms. The van der Waals surface area contributed by atoms with Crippen molar-refractivity contribution in [1.82, 2.24) is 9.55 Å². The van der Waals surface area contributed by atoms with Gasteiger partial charge in [-0.1, -0.05) is 24.6 Å². The number of hydrogen-bond acceptors (Lipinski definition) is 4. The quantitative estimate of drug-likeness (QED) is 0.656. The molecule has 0 bridgehead atoms. The molecule has 0 amide bonds. The van der Waals surface area contributed by atoms with Crippen molar-refractivity contribution in [3.63, 3.8) is 0 Å². The van der Waals surface area contributed by atoms with E-state index in [2.05, 4.69) is 11.9 Å². The Bertz CT molecular complexity index is 1080. The molecule has 3 aromatic rings. The van der Waals surface area contributed by atoms with Crippen molar-refractivity contribution >= 4 is 27.3 Å². The summed E-state index contributed by atoms with van der Waals surface area (Å²) in [7, 11) is 0. The van der Waals surface area contributed by atoms with Gasteiger partial charge in [0, 0.05) is 10.4 Å². The Morgan fingerprint density at radius 3 is 2.96 bits per heavy atom. The topological polar surface area (TPSA) is 52.0 Å². The predicted octanol–water partition coefficient (Wildman–Crippen LogP) is 4.08. The van der Waals surface area contributed by atoms with Gasteiger partial charge in [0.1, 0.15) is 4.83 Å². The van der Waals surface area contributed by atoms with E-state index in [1.165, 1.54) is 15.8 Å². The van der Waals surface area contributed by atoms with Crippen molar-refractivity contribution < 1.29 is 4.79 Å². The lowest BCUT2D eigenvalue weighted by Gasteiger charge is -2.17. The van der Waals surface area contributed by atoms with E-state index < -0.39 is 0 Å². The van der Waals surface area contributed by atoms with Crippen LogP contribution in [0.2, 0.25) is 0 Å². The van der Waals surface area contributed by atoms with Crippen molar-refractivity contribution in [2.75, 3.05) is 0 Å². The average Bonchev–Trinajstić information content (AvgIpc) is 2.97. The standard InChI is InChI=1S/C21H22N2O2S/c1-12-4-6-14(3)16(8-12)17(24)10-23-11-22-20-19(21(23)25)15-7-5-13(2)9-18(15)26-20/h4,6,8,11,13H,5,7,9-10H2,1-3H3/t13-/m0/s1. The van der Waals surface area contributed by atoms with E-state index in [0.717, 1.165) is 46.2 Å². The summed E-state index contributed by atoms with van der Waals surface area (Å²) < 4.78 is 1.47. The number of rotatable bonds is 3. The monoisotopic (exact) mass is 366 g/mol. The molecule has 134 valence electrons. The van der Waals surface area contributed by atoms with Crippen LogP contribution in [0.1, 0.15) is 45.3 Å². The van der Waals surface area contributed by atoms with Gasteiger partial charge in [0.2, 0.25) is 0 Å². The van der Waals surface area contributed by atoms with Gasteiger partial charge in [0.15, 0.2) is 5.78 Å². The van der Waals surface area contributed by atoms with Gasteiger partial charge >= 0.3 is 0 Å². The summed E-state index contributed by atoms with van der Waals surface area (Å²) in [4.78, 5) is 32.4. The number of benzene rings is 1. The normalized spacial score (nSPS) is 16.7. The number of aromatic nitrogens is 2. The van der Waals surface area contributed by atoms with Gasteiger partial charge in [-0.2, -0.15) is 0 Å². The molecule has 2 aromatic heterocycles. The lowest BCUT2D eigenvalue weighted by atomic mass is 9.89. The van der Waals surface area contributed by atoms with Gasteiger partial charge in [-0.05, 0) is 56.2 Å². The zero-order valence-corrected chi connectivity index (χ0v) is 16.2. The fourth-order valence-corrected chi connectivity index (χ4v) is 5.10. The molecule has 0 spiro atoms. The number of aryl methyl sites for hydroxylation is 3. The third kappa shape index (κ3) is 2.90. The summed E-state index contributed by atoms with van der Waals surface area (Å²) in [6.07, 6.45) is 4.59. The Morgan fingerprint density at radius 2 is 2.15 bits per heavy atom. The van der Waals surface area contributed by atoms with E-state index in [-0.39, 0.29) is 17.9 Å². The van der Waals surface area contributed by atoms with E-state index >= 15 is 0 Å². The van der Waals surface area contributed by atoms with E-state index in [1.54, 1.807) is 11.3 Å². The zero-order valence-electron chi connectivity index (χ0n) is 15.3. The number of thiophene rings is 1. The fraction of sp³-hybridized carbons (Fsp3) is 0.381. The molecule has 0 saturated heterocycles. The highest BCUT2D eigenvalue weighted by Gasteiger charge is 2.23.